The quantitative estimate of drug-likeness (QED) is 0.649. The Kier molecular flexibility index (Phi) is 4.79. The van der Waals surface area contributed by atoms with Gasteiger partial charge in [-0.2, -0.15) is 0 Å². The molecule has 0 spiro atoms. The zero-order valence-corrected chi connectivity index (χ0v) is 12.3. The molecule has 2 rings (SSSR count). The fraction of sp³-hybridized carbons (Fsp3) is 0.214. The maximum absolute atomic E-state index is 12.0. The number of aliphatic hydroxyl groups excluding tert-OH is 1. The number of aryl methyl sites for hydroxylation is 1. The Hall–Kier alpha value is -2.38. The second-order valence-corrected chi connectivity index (χ2v) is 5.00. The van der Waals surface area contributed by atoms with Gasteiger partial charge in [0.05, 0.1) is 11.5 Å². The van der Waals surface area contributed by atoms with E-state index in [-0.39, 0.29) is 22.8 Å². The summed E-state index contributed by atoms with van der Waals surface area (Å²) in [5, 5.41) is 23.1. The molecule has 2 N–H and O–H groups in total. The Bertz CT molecular complexity index is 713. The van der Waals surface area contributed by atoms with Crippen molar-refractivity contribution in [3.05, 3.63) is 62.6 Å². The molecule has 0 saturated heterocycles. The number of carbonyl (C=O) groups excluding carboxylic acids is 1. The van der Waals surface area contributed by atoms with Crippen molar-refractivity contribution in [1.29, 1.82) is 0 Å². The molecule has 1 atom stereocenters. The van der Waals surface area contributed by atoms with Crippen LogP contribution in [0.25, 0.3) is 0 Å². The largest absolute Gasteiger partial charge is 0.464 e. The van der Waals surface area contributed by atoms with Crippen LogP contribution in [0.2, 0.25) is 5.02 Å². The van der Waals surface area contributed by atoms with Crippen LogP contribution in [-0.2, 0) is 0 Å². The van der Waals surface area contributed by atoms with Crippen LogP contribution in [0.15, 0.2) is 34.7 Å². The van der Waals surface area contributed by atoms with Gasteiger partial charge >= 0.3 is 0 Å². The Morgan fingerprint density at radius 2 is 2.18 bits per heavy atom. The molecule has 0 saturated carbocycles. The van der Waals surface area contributed by atoms with Gasteiger partial charge in [-0.15, -0.1) is 0 Å². The fourth-order valence-corrected chi connectivity index (χ4v) is 2.00. The van der Waals surface area contributed by atoms with Crippen LogP contribution in [0, 0.1) is 17.0 Å². The van der Waals surface area contributed by atoms with Crippen molar-refractivity contribution in [3.63, 3.8) is 0 Å². The smallest absolute Gasteiger partial charge is 0.288 e. The van der Waals surface area contributed by atoms with Crippen LogP contribution in [0.1, 0.15) is 28.0 Å². The molecule has 1 heterocycles. The summed E-state index contributed by atoms with van der Waals surface area (Å²) in [5.74, 6) is 0.427. The number of benzene rings is 1. The molecule has 0 fully saturated rings. The SMILES string of the molecule is Cc1ccc(C(O)CNC(=O)c2ccc(Cl)c([N+](=O)[O-])c2)o1. The summed E-state index contributed by atoms with van der Waals surface area (Å²) in [6.45, 7) is 1.66. The van der Waals surface area contributed by atoms with Crippen LogP contribution in [-0.4, -0.2) is 22.5 Å². The summed E-state index contributed by atoms with van der Waals surface area (Å²) in [7, 11) is 0. The topological polar surface area (TPSA) is 106 Å². The number of nitrogens with one attached hydrogen (secondary N) is 1. The lowest BCUT2D eigenvalue weighted by atomic mass is 10.2. The molecule has 1 aromatic carbocycles. The standard InChI is InChI=1S/C14H13ClN2O5/c1-8-2-5-13(22-8)12(18)7-16-14(19)9-3-4-10(15)11(6-9)17(20)21/h2-6,12,18H,7H2,1H3,(H,16,19). The average molecular weight is 325 g/mol. The minimum atomic E-state index is -1.00. The van der Waals surface area contributed by atoms with E-state index in [9.17, 15) is 20.0 Å². The predicted octanol–water partition coefficient (Wildman–Crippen LogP) is 2.61. The van der Waals surface area contributed by atoms with Crippen molar-refractivity contribution in [2.45, 2.75) is 13.0 Å². The monoisotopic (exact) mass is 324 g/mol. The highest BCUT2D eigenvalue weighted by molar-refractivity contribution is 6.32. The highest BCUT2D eigenvalue weighted by Gasteiger charge is 2.18. The summed E-state index contributed by atoms with van der Waals surface area (Å²) >= 11 is 5.68. The van der Waals surface area contributed by atoms with Crippen LogP contribution in [0.4, 0.5) is 5.69 Å². The zero-order chi connectivity index (χ0) is 16.3. The molecule has 7 nitrogen and oxygen atoms in total. The van der Waals surface area contributed by atoms with Crippen molar-refractivity contribution in [1.82, 2.24) is 5.32 Å². The average Bonchev–Trinajstić information content (AvgIpc) is 2.91. The lowest BCUT2D eigenvalue weighted by Crippen LogP contribution is -2.28. The summed E-state index contributed by atoms with van der Waals surface area (Å²) in [5.41, 5.74) is -0.268. The van der Waals surface area contributed by atoms with Gasteiger partial charge in [0.2, 0.25) is 0 Å². The van der Waals surface area contributed by atoms with Gasteiger partial charge in [-0.1, -0.05) is 11.6 Å². The molecule has 1 amide bonds. The normalized spacial score (nSPS) is 12.0. The lowest BCUT2D eigenvalue weighted by molar-refractivity contribution is -0.384. The molecule has 116 valence electrons. The Labute approximate surface area is 130 Å². The van der Waals surface area contributed by atoms with E-state index in [1.807, 2.05) is 0 Å². The van der Waals surface area contributed by atoms with E-state index in [0.717, 1.165) is 6.07 Å². The molecule has 0 radical (unpaired) electrons. The fourth-order valence-electron chi connectivity index (χ4n) is 1.82. The number of halogens is 1. The van der Waals surface area contributed by atoms with Crippen LogP contribution in [0.3, 0.4) is 0 Å². The molecular formula is C14H13ClN2O5. The van der Waals surface area contributed by atoms with E-state index in [0.29, 0.717) is 11.5 Å². The van der Waals surface area contributed by atoms with Crippen LogP contribution in [0.5, 0.6) is 0 Å². The Morgan fingerprint density at radius 3 is 2.77 bits per heavy atom. The summed E-state index contributed by atoms with van der Waals surface area (Å²) in [6.07, 6.45) is -1.00. The van der Waals surface area contributed by atoms with Gasteiger partial charge in [-0.3, -0.25) is 14.9 Å². The third kappa shape index (κ3) is 3.63. The first-order valence-corrected chi connectivity index (χ1v) is 6.73. The number of nitrogens with zero attached hydrogens (tertiary/aromatic N) is 1. The molecule has 0 aliphatic heterocycles. The predicted molar refractivity (Wildman–Crippen MR) is 78.8 cm³/mol. The molecule has 22 heavy (non-hydrogen) atoms. The first-order valence-electron chi connectivity index (χ1n) is 6.35. The number of nitro groups is 1. The Morgan fingerprint density at radius 1 is 1.45 bits per heavy atom. The number of rotatable bonds is 5. The number of furan rings is 1. The number of amides is 1. The molecule has 2 aromatic rings. The molecule has 0 bridgehead atoms. The van der Waals surface area contributed by atoms with Crippen molar-refractivity contribution < 1.29 is 19.2 Å². The second kappa shape index (κ2) is 6.59. The Balaban J connectivity index is 2.03. The van der Waals surface area contributed by atoms with Crippen LogP contribution < -0.4 is 5.32 Å². The maximum Gasteiger partial charge on any atom is 0.288 e. The van der Waals surface area contributed by atoms with Crippen molar-refractivity contribution >= 4 is 23.2 Å². The van der Waals surface area contributed by atoms with E-state index in [4.69, 9.17) is 16.0 Å². The number of nitro benzene ring substituents is 1. The molecule has 1 aromatic heterocycles. The van der Waals surface area contributed by atoms with Gasteiger partial charge in [0, 0.05) is 11.6 Å². The third-order valence-electron chi connectivity index (χ3n) is 2.95. The lowest BCUT2D eigenvalue weighted by Gasteiger charge is -2.10. The summed E-state index contributed by atoms with van der Waals surface area (Å²) < 4.78 is 5.24. The highest BCUT2D eigenvalue weighted by atomic mass is 35.5. The van der Waals surface area contributed by atoms with Gasteiger partial charge in [-0.05, 0) is 31.2 Å². The van der Waals surface area contributed by atoms with E-state index in [1.165, 1.54) is 12.1 Å². The first-order chi connectivity index (χ1) is 10.4. The molecular weight excluding hydrogens is 312 g/mol. The van der Waals surface area contributed by atoms with E-state index < -0.39 is 16.9 Å². The molecule has 0 aliphatic carbocycles. The maximum atomic E-state index is 12.0. The second-order valence-electron chi connectivity index (χ2n) is 4.60. The number of aliphatic hydroxyl groups is 1. The number of hydrogen-bond acceptors (Lipinski definition) is 5. The van der Waals surface area contributed by atoms with E-state index >= 15 is 0 Å². The molecule has 1 unspecified atom stereocenters. The van der Waals surface area contributed by atoms with Gasteiger partial charge in [0.1, 0.15) is 22.6 Å². The van der Waals surface area contributed by atoms with Gasteiger partial charge in [0.25, 0.3) is 11.6 Å². The van der Waals surface area contributed by atoms with Crippen molar-refractivity contribution in [2.24, 2.45) is 0 Å². The minimum Gasteiger partial charge on any atom is -0.464 e. The molecule has 8 heteroatoms. The van der Waals surface area contributed by atoms with Gasteiger partial charge in [-0.25, -0.2) is 0 Å². The van der Waals surface area contributed by atoms with E-state index in [2.05, 4.69) is 5.32 Å². The minimum absolute atomic E-state index is 0.0485. The summed E-state index contributed by atoms with van der Waals surface area (Å²) in [4.78, 5) is 22.1. The summed E-state index contributed by atoms with van der Waals surface area (Å²) in [6, 6.07) is 7.04. The number of hydrogen-bond donors (Lipinski definition) is 2. The van der Waals surface area contributed by atoms with Crippen molar-refractivity contribution in [3.8, 4) is 0 Å². The zero-order valence-electron chi connectivity index (χ0n) is 11.6. The number of carbonyl (C=O) groups is 1. The third-order valence-corrected chi connectivity index (χ3v) is 3.27. The molecule has 0 aliphatic rings. The van der Waals surface area contributed by atoms with E-state index in [1.54, 1.807) is 19.1 Å². The van der Waals surface area contributed by atoms with Crippen LogP contribution >= 0.6 is 11.6 Å². The van der Waals surface area contributed by atoms with Crippen molar-refractivity contribution in [2.75, 3.05) is 6.54 Å². The van der Waals surface area contributed by atoms with Gasteiger partial charge < -0.3 is 14.8 Å². The first kappa shape index (κ1) is 16.0. The van der Waals surface area contributed by atoms with Gasteiger partial charge in [0.15, 0.2) is 0 Å². The highest BCUT2D eigenvalue weighted by Crippen LogP contribution is 2.25.